The van der Waals surface area contributed by atoms with Gasteiger partial charge >= 0.3 is 0 Å². The van der Waals surface area contributed by atoms with Crippen molar-refractivity contribution in [2.75, 3.05) is 45.8 Å². The standard InChI is InChI=1S/C15H31N3/c1-3-8-17-10-5-15(6-11-17)18-9-4-7-16-12-14(2)13-18/h14-16H,3-13H2,1-2H3. The van der Waals surface area contributed by atoms with Crippen molar-refractivity contribution in [2.24, 2.45) is 5.92 Å². The fourth-order valence-electron chi connectivity index (χ4n) is 3.47. The summed E-state index contributed by atoms with van der Waals surface area (Å²) in [6, 6.07) is 0.860. The molecule has 0 amide bonds. The average Bonchev–Trinajstić information content (AvgIpc) is 2.35. The predicted molar refractivity (Wildman–Crippen MR) is 78.0 cm³/mol. The molecule has 1 N–H and O–H groups in total. The minimum absolute atomic E-state index is 0.805. The number of piperidine rings is 1. The van der Waals surface area contributed by atoms with Gasteiger partial charge in [0.15, 0.2) is 0 Å². The number of likely N-dealkylation sites (tertiary alicyclic amines) is 1. The van der Waals surface area contributed by atoms with E-state index >= 15 is 0 Å². The molecule has 3 nitrogen and oxygen atoms in total. The molecule has 2 rings (SSSR count). The van der Waals surface area contributed by atoms with Crippen molar-refractivity contribution in [3.05, 3.63) is 0 Å². The zero-order chi connectivity index (χ0) is 12.8. The maximum atomic E-state index is 3.55. The minimum Gasteiger partial charge on any atom is -0.316 e. The van der Waals surface area contributed by atoms with Crippen molar-refractivity contribution in [3.63, 3.8) is 0 Å². The Labute approximate surface area is 113 Å². The van der Waals surface area contributed by atoms with E-state index < -0.39 is 0 Å². The molecule has 18 heavy (non-hydrogen) atoms. The Morgan fingerprint density at radius 2 is 1.94 bits per heavy atom. The van der Waals surface area contributed by atoms with Gasteiger partial charge in [-0.3, -0.25) is 4.90 Å². The molecule has 1 atom stereocenters. The molecule has 0 radical (unpaired) electrons. The summed E-state index contributed by atoms with van der Waals surface area (Å²) < 4.78 is 0. The normalized spacial score (nSPS) is 30.0. The minimum atomic E-state index is 0.805. The van der Waals surface area contributed by atoms with Crippen molar-refractivity contribution in [1.82, 2.24) is 15.1 Å². The molecule has 106 valence electrons. The lowest BCUT2D eigenvalue weighted by Gasteiger charge is -2.40. The Morgan fingerprint density at radius 3 is 2.67 bits per heavy atom. The smallest absolute Gasteiger partial charge is 0.0120 e. The summed E-state index contributed by atoms with van der Waals surface area (Å²) in [6.07, 6.45) is 5.40. The summed E-state index contributed by atoms with van der Waals surface area (Å²) in [5.41, 5.74) is 0. The van der Waals surface area contributed by atoms with E-state index in [0.29, 0.717) is 0 Å². The van der Waals surface area contributed by atoms with Gasteiger partial charge in [0.1, 0.15) is 0 Å². The highest BCUT2D eigenvalue weighted by atomic mass is 15.2. The van der Waals surface area contributed by atoms with Crippen molar-refractivity contribution in [2.45, 2.75) is 45.6 Å². The van der Waals surface area contributed by atoms with Crippen LogP contribution in [0.4, 0.5) is 0 Å². The van der Waals surface area contributed by atoms with Crippen LogP contribution in [0.25, 0.3) is 0 Å². The molecule has 0 bridgehead atoms. The van der Waals surface area contributed by atoms with E-state index in [-0.39, 0.29) is 0 Å². The number of hydrogen-bond donors (Lipinski definition) is 1. The summed E-state index contributed by atoms with van der Waals surface area (Å²) in [7, 11) is 0. The van der Waals surface area contributed by atoms with E-state index in [4.69, 9.17) is 0 Å². The Bertz CT molecular complexity index is 224. The van der Waals surface area contributed by atoms with Gasteiger partial charge in [-0.05, 0) is 70.9 Å². The van der Waals surface area contributed by atoms with Gasteiger partial charge in [0.2, 0.25) is 0 Å². The molecular weight excluding hydrogens is 222 g/mol. The van der Waals surface area contributed by atoms with E-state index in [0.717, 1.165) is 12.0 Å². The van der Waals surface area contributed by atoms with Crippen LogP contribution >= 0.6 is 0 Å². The first-order chi connectivity index (χ1) is 8.79. The van der Waals surface area contributed by atoms with Gasteiger partial charge in [0.25, 0.3) is 0 Å². The molecular formula is C15H31N3. The summed E-state index contributed by atoms with van der Waals surface area (Å²) >= 11 is 0. The average molecular weight is 253 g/mol. The Kier molecular flexibility index (Phi) is 5.93. The van der Waals surface area contributed by atoms with E-state index in [1.54, 1.807) is 0 Å². The van der Waals surface area contributed by atoms with Crippen LogP contribution in [-0.4, -0.2) is 61.7 Å². The molecule has 2 saturated heterocycles. The summed E-state index contributed by atoms with van der Waals surface area (Å²) in [6.45, 7) is 13.6. The van der Waals surface area contributed by atoms with Crippen molar-refractivity contribution < 1.29 is 0 Å². The van der Waals surface area contributed by atoms with Crippen molar-refractivity contribution >= 4 is 0 Å². The van der Waals surface area contributed by atoms with Gasteiger partial charge in [0.05, 0.1) is 0 Å². The number of hydrogen-bond acceptors (Lipinski definition) is 3. The van der Waals surface area contributed by atoms with Gasteiger partial charge in [0, 0.05) is 12.6 Å². The third kappa shape index (κ3) is 4.22. The molecule has 2 aliphatic rings. The number of nitrogens with one attached hydrogen (secondary N) is 1. The zero-order valence-electron chi connectivity index (χ0n) is 12.3. The molecule has 0 aliphatic carbocycles. The Balaban J connectivity index is 1.79. The fourth-order valence-corrected chi connectivity index (χ4v) is 3.47. The highest BCUT2D eigenvalue weighted by molar-refractivity contribution is 4.82. The highest BCUT2D eigenvalue weighted by Gasteiger charge is 2.25. The summed E-state index contributed by atoms with van der Waals surface area (Å²) in [5.74, 6) is 0.805. The van der Waals surface area contributed by atoms with Gasteiger partial charge in [-0.1, -0.05) is 13.8 Å². The van der Waals surface area contributed by atoms with Gasteiger partial charge < -0.3 is 10.2 Å². The Morgan fingerprint density at radius 1 is 1.17 bits per heavy atom. The van der Waals surface area contributed by atoms with Gasteiger partial charge in [-0.2, -0.15) is 0 Å². The van der Waals surface area contributed by atoms with E-state index in [1.165, 1.54) is 71.5 Å². The SMILES string of the molecule is CCCN1CCC(N2CCCNCC(C)C2)CC1. The van der Waals surface area contributed by atoms with Crippen LogP contribution < -0.4 is 5.32 Å². The summed E-state index contributed by atoms with van der Waals surface area (Å²) in [4.78, 5) is 5.43. The fraction of sp³-hybridized carbons (Fsp3) is 1.00. The highest BCUT2D eigenvalue weighted by Crippen LogP contribution is 2.19. The first-order valence-corrected chi connectivity index (χ1v) is 7.96. The van der Waals surface area contributed by atoms with Crippen molar-refractivity contribution in [1.29, 1.82) is 0 Å². The molecule has 2 fully saturated rings. The first kappa shape index (κ1) is 14.3. The molecule has 2 aliphatic heterocycles. The second kappa shape index (κ2) is 7.46. The quantitative estimate of drug-likeness (QED) is 0.827. The molecule has 0 aromatic carbocycles. The third-order valence-corrected chi connectivity index (χ3v) is 4.45. The molecule has 0 aromatic rings. The lowest BCUT2D eigenvalue weighted by Crippen LogP contribution is -2.49. The summed E-state index contributed by atoms with van der Waals surface area (Å²) in [5, 5.41) is 3.55. The van der Waals surface area contributed by atoms with Crippen LogP contribution in [-0.2, 0) is 0 Å². The van der Waals surface area contributed by atoms with Gasteiger partial charge in [-0.15, -0.1) is 0 Å². The molecule has 0 spiro atoms. The first-order valence-electron chi connectivity index (χ1n) is 7.96. The topological polar surface area (TPSA) is 18.5 Å². The lowest BCUT2D eigenvalue weighted by molar-refractivity contribution is 0.0905. The molecule has 1 unspecified atom stereocenters. The van der Waals surface area contributed by atoms with Crippen LogP contribution in [0.15, 0.2) is 0 Å². The monoisotopic (exact) mass is 253 g/mol. The maximum absolute atomic E-state index is 3.55. The van der Waals surface area contributed by atoms with Gasteiger partial charge in [-0.25, -0.2) is 0 Å². The molecule has 3 heteroatoms. The third-order valence-electron chi connectivity index (χ3n) is 4.45. The zero-order valence-corrected chi connectivity index (χ0v) is 12.3. The Hall–Kier alpha value is -0.120. The number of rotatable bonds is 3. The van der Waals surface area contributed by atoms with Crippen LogP contribution in [0, 0.1) is 5.92 Å². The largest absolute Gasteiger partial charge is 0.316 e. The van der Waals surface area contributed by atoms with Crippen LogP contribution in [0.2, 0.25) is 0 Å². The van der Waals surface area contributed by atoms with Crippen LogP contribution in [0.5, 0.6) is 0 Å². The lowest BCUT2D eigenvalue weighted by atomic mass is 10.00. The van der Waals surface area contributed by atoms with E-state index in [2.05, 4.69) is 29.0 Å². The van der Waals surface area contributed by atoms with E-state index in [1.807, 2.05) is 0 Å². The predicted octanol–water partition coefficient (Wildman–Crippen LogP) is 1.79. The second-order valence-corrected chi connectivity index (χ2v) is 6.23. The molecule has 0 saturated carbocycles. The van der Waals surface area contributed by atoms with Crippen molar-refractivity contribution in [3.8, 4) is 0 Å². The maximum Gasteiger partial charge on any atom is 0.0120 e. The van der Waals surface area contributed by atoms with E-state index in [9.17, 15) is 0 Å². The van der Waals surface area contributed by atoms with Crippen LogP contribution in [0.1, 0.15) is 39.5 Å². The second-order valence-electron chi connectivity index (χ2n) is 6.23. The molecule has 0 aromatic heterocycles. The number of nitrogens with zero attached hydrogens (tertiary/aromatic N) is 2. The van der Waals surface area contributed by atoms with Crippen LogP contribution in [0.3, 0.4) is 0 Å². The molecule has 2 heterocycles.